The van der Waals surface area contributed by atoms with E-state index < -0.39 is 5.91 Å². The summed E-state index contributed by atoms with van der Waals surface area (Å²) in [5.74, 6) is -0.989. The van der Waals surface area contributed by atoms with Crippen LogP contribution in [0.3, 0.4) is 0 Å². The molecule has 3 N–H and O–H groups in total. The van der Waals surface area contributed by atoms with E-state index >= 15 is 0 Å². The Morgan fingerprint density at radius 2 is 1.97 bits per heavy atom. The maximum atomic E-state index is 13.4. The molecule has 0 radical (unpaired) electrons. The average molecular weight is 394 g/mol. The molecule has 4 aromatic rings. The third kappa shape index (κ3) is 3.25. The fourth-order valence-electron chi connectivity index (χ4n) is 3.29. The molecule has 0 spiro atoms. The Hall–Kier alpha value is -3.59. The number of nitrogens with zero attached hydrogens (tertiary/aromatic N) is 5. The fourth-order valence-corrected chi connectivity index (χ4v) is 3.29. The minimum absolute atomic E-state index is 0.0808. The zero-order chi connectivity index (χ0) is 20.5. The molecule has 3 heterocycles. The van der Waals surface area contributed by atoms with Crippen LogP contribution in [-0.2, 0) is 0 Å². The lowest BCUT2D eigenvalue weighted by atomic mass is 10.1. The van der Waals surface area contributed by atoms with E-state index in [0.29, 0.717) is 34.7 Å². The van der Waals surface area contributed by atoms with Gasteiger partial charge in [-0.3, -0.25) is 4.79 Å². The van der Waals surface area contributed by atoms with Gasteiger partial charge in [0.05, 0.1) is 36.6 Å². The molecule has 29 heavy (non-hydrogen) atoms. The van der Waals surface area contributed by atoms with E-state index in [1.165, 1.54) is 22.8 Å². The first-order chi connectivity index (χ1) is 14.0. The first kappa shape index (κ1) is 18.8. The van der Waals surface area contributed by atoms with Crippen molar-refractivity contribution in [1.82, 2.24) is 24.1 Å². The number of carbonyl (C=O) groups excluding carboxylic acids is 1. The zero-order valence-electron chi connectivity index (χ0n) is 15.7. The van der Waals surface area contributed by atoms with Crippen LogP contribution < -0.4 is 5.73 Å². The summed E-state index contributed by atoms with van der Waals surface area (Å²) in [5, 5.41) is 14.4. The van der Waals surface area contributed by atoms with Crippen LogP contribution >= 0.6 is 0 Å². The van der Waals surface area contributed by atoms with E-state index in [9.17, 15) is 14.3 Å². The molecule has 0 aliphatic rings. The SMILES string of the molecule is CCC(CO)n1cnc(-c2ccc(F)cc2)c1-c1ccc2ncc(C(N)=O)n2n1. The number of aliphatic hydroxyl groups is 1. The van der Waals surface area contributed by atoms with Gasteiger partial charge in [-0.05, 0) is 42.8 Å². The number of imidazole rings is 2. The number of fused-ring (bicyclic) bond motifs is 1. The van der Waals surface area contributed by atoms with Gasteiger partial charge in [0.15, 0.2) is 5.65 Å². The number of carbonyl (C=O) groups is 1. The minimum Gasteiger partial charge on any atom is -0.394 e. The summed E-state index contributed by atoms with van der Waals surface area (Å²) in [6.07, 6.45) is 3.67. The van der Waals surface area contributed by atoms with Crippen LogP contribution in [0.4, 0.5) is 4.39 Å². The van der Waals surface area contributed by atoms with Crippen LogP contribution in [0.5, 0.6) is 0 Å². The van der Waals surface area contributed by atoms with Crippen molar-refractivity contribution < 1.29 is 14.3 Å². The molecule has 0 aliphatic carbocycles. The van der Waals surface area contributed by atoms with Crippen molar-refractivity contribution in [2.24, 2.45) is 5.73 Å². The highest BCUT2D eigenvalue weighted by Gasteiger charge is 2.22. The number of hydrogen-bond donors (Lipinski definition) is 2. The number of hydrogen-bond acceptors (Lipinski definition) is 5. The second kappa shape index (κ2) is 7.44. The number of nitrogens with two attached hydrogens (primary N) is 1. The third-order valence-corrected chi connectivity index (χ3v) is 4.84. The predicted molar refractivity (Wildman–Crippen MR) is 105 cm³/mol. The van der Waals surface area contributed by atoms with E-state index in [4.69, 9.17) is 5.73 Å². The van der Waals surface area contributed by atoms with Crippen molar-refractivity contribution >= 4 is 11.6 Å². The van der Waals surface area contributed by atoms with Gasteiger partial charge in [-0.2, -0.15) is 5.10 Å². The van der Waals surface area contributed by atoms with Crippen molar-refractivity contribution in [1.29, 1.82) is 0 Å². The van der Waals surface area contributed by atoms with Crippen molar-refractivity contribution in [2.45, 2.75) is 19.4 Å². The van der Waals surface area contributed by atoms with Gasteiger partial charge >= 0.3 is 0 Å². The lowest BCUT2D eigenvalue weighted by molar-refractivity contribution is 0.0993. The maximum Gasteiger partial charge on any atom is 0.269 e. The predicted octanol–water partition coefficient (Wildman–Crippen LogP) is 2.44. The first-order valence-electron chi connectivity index (χ1n) is 9.12. The van der Waals surface area contributed by atoms with E-state index in [0.717, 1.165) is 0 Å². The van der Waals surface area contributed by atoms with Gasteiger partial charge in [0.2, 0.25) is 0 Å². The van der Waals surface area contributed by atoms with E-state index in [-0.39, 0.29) is 24.2 Å². The maximum absolute atomic E-state index is 13.4. The highest BCUT2D eigenvalue weighted by Crippen LogP contribution is 2.33. The van der Waals surface area contributed by atoms with E-state index in [1.54, 1.807) is 30.6 Å². The quantitative estimate of drug-likeness (QED) is 0.522. The lowest BCUT2D eigenvalue weighted by Gasteiger charge is -2.17. The van der Waals surface area contributed by atoms with Crippen molar-refractivity contribution in [3.05, 3.63) is 60.4 Å². The summed E-state index contributed by atoms with van der Waals surface area (Å²) in [6, 6.07) is 9.25. The Kier molecular flexibility index (Phi) is 4.81. The summed E-state index contributed by atoms with van der Waals surface area (Å²) >= 11 is 0. The summed E-state index contributed by atoms with van der Waals surface area (Å²) < 4.78 is 16.6. The number of primary amides is 1. The highest BCUT2D eigenvalue weighted by atomic mass is 19.1. The standard InChI is InChI=1S/C20H19FN6O2/c1-2-14(10-28)26-11-24-18(12-3-5-13(21)6-4-12)19(26)15-7-8-17-23-9-16(20(22)29)27(17)25-15/h3-9,11,14,28H,2,10H2,1H3,(H2,22,29). The van der Waals surface area contributed by atoms with Gasteiger partial charge in [-0.1, -0.05) is 6.92 Å². The number of aromatic nitrogens is 5. The molecule has 1 aromatic carbocycles. The summed E-state index contributed by atoms with van der Waals surface area (Å²) in [5.41, 5.74) is 8.51. The van der Waals surface area contributed by atoms with Crippen LogP contribution in [0.2, 0.25) is 0 Å². The number of aliphatic hydroxyl groups excluding tert-OH is 1. The molecule has 0 fully saturated rings. The molecule has 0 bridgehead atoms. The second-order valence-corrected chi connectivity index (χ2v) is 6.60. The summed E-state index contributed by atoms with van der Waals surface area (Å²) in [4.78, 5) is 20.3. The molecule has 0 saturated heterocycles. The Morgan fingerprint density at radius 3 is 2.62 bits per heavy atom. The highest BCUT2D eigenvalue weighted by molar-refractivity contribution is 5.91. The number of halogens is 1. The lowest BCUT2D eigenvalue weighted by Crippen LogP contribution is -2.16. The van der Waals surface area contributed by atoms with Gasteiger partial charge < -0.3 is 15.4 Å². The summed E-state index contributed by atoms with van der Waals surface area (Å²) in [7, 11) is 0. The number of benzene rings is 1. The average Bonchev–Trinajstić information content (AvgIpc) is 3.33. The zero-order valence-corrected chi connectivity index (χ0v) is 15.7. The van der Waals surface area contributed by atoms with Gasteiger partial charge in [-0.25, -0.2) is 18.9 Å². The molecular formula is C20H19FN6O2. The Bertz CT molecular complexity index is 1180. The molecule has 0 aliphatic heterocycles. The molecule has 3 aromatic heterocycles. The van der Waals surface area contributed by atoms with Crippen molar-refractivity contribution in [2.75, 3.05) is 6.61 Å². The Labute approximate surface area is 165 Å². The molecule has 148 valence electrons. The van der Waals surface area contributed by atoms with E-state index in [2.05, 4.69) is 15.1 Å². The number of rotatable bonds is 6. The monoisotopic (exact) mass is 394 g/mol. The van der Waals surface area contributed by atoms with Gasteiger partial charge in [-0.15, -0.1) is 0 Å². The number of amides is 1. The fraction of sp³-hybridized carbons (Fsp3) is 0.200. The second-order valence-electron chi connectivity index (χ2n) is 6.60. The minimum atomic E-state index is -0.642. The molecule has 1 amide bonds. The van der Waals surface area contributed by atoms with E-state index in [1.807, 2.05) is 11.5 Å². The van der Waals surface area contributed by atoms with Crippen LogP contribution in [0, 0.1) is 5.82 Å². The normalized spacial score (nSPS) is 12.4. The van der Waals surface area contributed by atoms with Gasteiger partial charge in [0.1, 0.15) is 17.2 Å². The summed E-state index contributed by atoms with van der Waals surface area (Å²) in [6.45, 7) is 1.88. The third-order valence-electron chi connectivity index (χ3n) is 4.84. The van der Waals surface area contributed by atoms with Crippen LogP contribution in [0.15, 0.2) is 48.9 Å². The molecule has 1 atom stereocenters. The largest absolute Gasteiger partial charge is 0.394 e. The van der Waals surface area contributed by atoms with Crippen LogP contribution in [-0.4, -0.2) is 41.8 Å². The molecular weight excluding hydrogens is 375 g/mol. The van der Waals surface area contributed by atoms with Crippen LogP contribution in [0.1, 0.15) is 29.9 Å². The topological polar surface area (TPSA) is 111 Å². The van der Waals surface area contributed by atoms with Crippen molar-refractivity contribution in [3.8, 4) is 22.6 Å². The van der Waals surface area contributed by atoms with Gasteiger partial charge in [0.25, 0.3) is 5.91 Å². The molecule has 8 nitrogen and oxygen atoms in total. The first-order valence-corrected chi connectivity index (χ1v) is 9.12. The Morgan fingerprint density at radius 1 is 1.21 bits per heavy atom. The molecule has 0 saturated carbocycles. The molecule has 1 unspecified atom stereocenters. The van der Waals surface area contributed by atoms with Crippen molar-refractivity contribution in [3.63, 3.8) is 0 Å². The Balaban J connectivity index is 1.96. The molecule has 4 rings (SSSR count). The van der Waals surface area contributed by atoms with Crippen LogP contribution in [0.25, 0.3) is 28.3 Å². The van der Waals surface area contributed by atoms with Gasteiger partial charge in [0, 0.05) is 5.56 Å². The molecule has 9 heteroatoms. The smallest absolute Gasteiger partial charge is 0.269 e.